The minimum absolute atomic E-state index is 0.0117. The Labute approximate surface area is 189 Å². The highest BCUT2D eigenvalue weighted by Crippen LogP contribution is 2.28. The van der Waals surface area contributed by atoms with E-state index in [1.54, 1.807) is 24.3 Å². The normalized spacial score (nSPS) is 10.1. The lowest BCUT2D eigenvalue weighted by molar-refractivity contribution is -0.124. The summed E-state index contributed by atoms with van der Waals surface area (Å²) in [7, 11) is 0. The molecule has 0 saturated heterocycles. The summed E-state index contributed by atoms with van der Waals surface area (Å²) in [6.07, 6.45) is 0.691. The van der Waals surface area contributed by atoms with Gasteiger partial charge in [-0.05, 0) is 64.4 Å². The first-order chi connectivity index (χ1) is 13.3. The zero-order valence-electron chi connectivity index (χ0n) is 14.4. The number of rotatable bonds is 6. The van der Waals surface area contributed by atoms with Crippen LogP contribution < -0.4 is 20.9 Å². The monoisotopic (exact) mass is 547 g/mol. The van der Waals surface area contributed by atoms with Crippen LogP contribution in [-0.4, -0.2) is 23.5 Å². The number of hydrogen-bond acceptors (Lipinski definition) is 4. The Kier molecular flexibility index (Phi) is 9.17. The number of thiocarbonyl (C=S) groups is 1. The van der Waals surface area contributed by atoms with Gasteiger partial charge in [0.15, 0.2) is 11.7 Å². The lowest BCUT2D eigenvalue weighted by atomic mass is 10.1. The Morgan fingerprint density at radius 3 is 2.54 bits per heavy atom. The number of carbonyl (C=O) groups is 2. The molecule has 28 heavy (non-hydrogen) atoms. The fourth-order valence-electron chi connectivity index (χ4n) is 2.07. The largest absolute Gasteiger partial charge is 0.483 e. The van der Waals surface area contributed by atoms with Crippen molar-refractivity contribution in [3.8, 4) is 5.75 Å². The molecule has 0 saturated carbocycles. The Morgan fingerprint density at radius 1 is 1.07 bits per heavy atom. The van der Waals surface area contributed by atoms with Gasteiger partial charge in [0.25, 0.3) is 5.91 Å². The third-order valence-electron chi connectivity index (χ3n) is 3.40. The van der Waals surface area contributed by atoms with Gasteiger partial charge >= 0.3 is 0 Å². The van der Waals surface area contributed by atoms with Crippen LogP contribution >= 0.6 is 55.7 Å². The quantitative estimate of drug-likeness (QED) is 0.376. The van der Waals surface area contributed by atoms with Crippen molar-refractivity contribution in [1.29, 1.82) is 0 Å². The van der Waals surface area contributed by atoms with E-state index in [0.29, 0.717) is 21.7 Å². The number of halogens is 3. The summed E-state index contributed by atoms with van der Waals surface area (Å²) in [5.41, 5.74) is 5.69. The predicted molar refractivity (Wildman–Crippen MR) is 119 cm³/mol. The van der Waals surface area contributed by atoms with Gasteiger partial charge in [-0.25, -0.2) is 0 Å². The molecule has 0 unspecified atom stereocenters. The average molecular weight is 550 g/mol. The van der Waals surface area contributed by atoms with Crippen LogP contribution in [0, 0.1) is 0 Å². The minimum Gasteiger partial charge on any atom is -0.483 e. The molecule has 2 aromatic carbocycles. The first-order valence-electron chi connectivity index (χ1n) is 8.05. The summed E-state index contributed by atoms with van der Waals surface area (Å²) in [5.74, 6) is -0.224. The molecule has 2 amide bonds. The van der Waals surface area contributed by atoms with Crippen molar-refractivity contribution in [2.75, 3.05) is 6.61 Å². The van der Waals surface area contributed by atoms with Crippen molar-refractivity contribution < 1.29 is 14.3 Å². The average Bonchev–Trinajstić information content (AvgIpc) is 2.65. The number of aryl methyl sites for hydroxylation is 1. The molecule has 0 atom stereocenters. The second-order valence-electron chi connectivity index (χ2n) is 5.51. The Hall–Kier alpha value is -1.68. The van der Waals surface area contributed by atoms with Crippen LogP contribution in [0.1, 0.15) is 12.0 Å². The maximum absolute atomic E-state index is 11.9. The number of carbonyl (C=O) groups excluding carboxylic acids is 2. The molecule has 2 rings (SSSR count). The number of amides is 2. The molecule has 0 radical (unpaired) electrons. The molecule has 3 N–H and O–H groups in total. The van der Waals surface area contributed by atoms with Crippen LogP contribution in [-0.2, 0) is 16.0 Å². The van der Waals surface area contributed by atoms with Gasteiger partial charge in [0.05, 0.1) is 4.47 Å². The Morgan fingerprint density at radius 2 is 1.82 bits per heavy atom. The maximum atomic E-state index is 11.9. The fourth-order valence-corrected chi connectivity index (χ4v) is 3.62. The molecule has 0 aliphatic rings. The molecule has 148 valence electrons. The standard InChI is InChI=1S/C18H16Br2ClN3O3S/c19-12-6-7-15(13(20)9-12)27-10-17(26)23-24-18(28)22-16(25)8-5-11-3-1-2-4-14(11)21/h1-4,6-7,9H,5,8,10H2,(H,23,26)(H2,22,24,25,28). The van der Waals surface area contributed by atoms with Gasteiger partial charge < -0.3 is 10.1 Å². The number of benzene rings is 2. The summed E-state index contributed by atoms with van der Waals surface area (Å²) in [4.78, 5) is 23.8. The number of hydrogen-bond donors (Lipinski definition) is 3. The van der Waals surface area contributed by atoms with Crippen LogP contribution in [0.5, 0.6) is 5.75 Å². The van der Waals surface area contributed by atoms with Gasteiger partial charge in [-0.3, -0.25) is 20.4 Å². The molecule has 0 fully saturated rings. The highest BCUT2D eigenvalue weighted by atomic mass is 79.9. The summed E-state index contributed by atoms with van der Waals surface area (Å²) in [6.45, 7) is -0.226. The molecule has 0 heterocycles. The molecule has 0 aliphatic heterocycles. The highest BCUT2D eigenvalue weighted by molar-refractivity contribution is 9.11. The van der Waals surface area contributed by atoms with E-state index in [2.05, 4.69) is 48.0 Å². The van der Waals surface area contributed by atoms with Gasteiger partial charge in [-0.1, -0.05) is 45.7 Å². The molecule has 2 aromatic rings. The van der Waals surface area contributed by atoms with Crippen LogP contribution in [0.15, 0.2) is 51.4 Å². The van der Waals surface area contributed by atoms with Gasteiger partial charge in [0, 0.05) is 15.9 Å². The second kappa shape index (κ2) is 11.4. The lowest BCUT2D eigenvalue weighted by Gasteiger charge is -2.12. The van der Waals surface area contributed by atoms with Crippen LogP contribution in [0.25, 0.3) is 0 Å². The third-order valence-corrected chi connectivity index (χ3v) is 5.09. The van der Waals surface area contributed by atoms with Crippen molar-refractivity contribution in [1.82, 2.24) is 16.2 Å². The van der Waals surface area contributed by atoms with Crippen molar-refractivity contribution in [3.63, 3.8) is 0 Å². The summed E-state index contributed by atoms with van der Waals surface area (Å²) >= 11 is 17.7. The number of hydrazine groups is 1. The Bertz CT molecular complexity index is 883. The van der Waals surface area contributed by atoms with Crippen LogP contribution in [0.4, 0.5) is 0 Å². The molecule has 0 spiro atoms. The molecule has 0 aliphatic carbocycles. The topological polar surface area (TPSA) is 79.5 Å². The van der Waals surface area contributed by atoms with Crippen LogP contribution in [0.2, 0.25) is 5.02 Å². The molecule has 0 aromatic heterocycles. The molecular weight excluding hydrogens is 534 g/mol. The molecule has 6 nitrogen and oxygen atoms in total. The smallest absolute Gasteiger partial charge is 0.276 e. The van der Waals surface area contributed by atoms with Gasteiger partial charge in [0.2, 0.25) is 5.91 Å². The Balaban J connectivity index is 1.67. The SMILES string of the molecule is O=C(COc1ccc(Br)cc1Br)NNC(=S)NC(=O)CCc1ccccc1Cl. The number of ether oxygens (including phenoxy) is 1. The summed E-state index contributed by atoms with van der Waals surface area (Å²) in [5, 5.41) is 3.08. The van der Waals surface area contributed by atoms with E-state index in [4.69, 9.17) is 28.6 Å². The van der Waals surface area contributed by atoms with Gasteiger partial charge in [-0.15, -0.1) is 0 Å². The third kappa shape index (κ3) is 7.75. The first-order valence-corrected chi connectivity index (χ1v) is 10.4. The van der Waals surface area contributed by atoms with E-state index in [1.165, 1.54) is 0 Å². The zero-order chi connectivity index (χ0) is 20.5. The van der Waals surface area contributed by atoms with E-state index in [9.17, 15) is 9.59 Å². The lowest BCUT2D eigenvalue weighted by Crippen LogP contribution is -2.49. The summed E-state index contributed by atoms with van der Waals surface area (Å²) < 4.78 is 7.00. The van der Waals surface area contributed by atoms with Gasteiger partial charge in [-0.2, -0.15) is 0 Å². The fraction of sp³-hybridized carbons (Fsp3) is 0.167. The van der Waals surface area contributed by atoms with E-state index in [-0.39, 0.29) is 24.0 Å². The second-order valence-corrected chi connectivity index (χ2v) is 8.09. The van der Waals surface area contributed by atoms with E-state index >= 15 is 0 Å². The minimum atomic E-state index is -0.456. The van der Waals surface area contributed by atoms with Crippen molar-refractivity contribution >= 4 is 72.6 Å². The van der Waals surface area contributed by atoms with Gasteiger partial charge in [0.1, 0.15) is 5.75 Å². The summed E-state index contributed by atoms with van der Waals surface area (Å²) in [6, 6.07) is 12.6. The van der Waals surface area contributed by atoms with Crippen molar-refractivity contribution in [2.24, 2.45) is 0 Å². The first kappa shape index (κ1) is 22.6. The predicted octanol–water partition coefficient (Wildman–Crippen LogP) is 3.90. The van der Waals surface area contributed by atoms with E-state index in [1.807, 2.05) is 18.2 Å². The maximum Gasteiger partial charge on any atom is 0.276 e. The molecular formula is C18H16Br2ClN3O3S. The zero-order valence-corrected chi connectivity index (χ0v) is 19.2. The van der Waals surface area contributed by atoms with Crippen LogP contribution in [0.3, 0.4) is 0 Å². The highest BCUT2D eigenvalue weighted by Gasteiger charge is 2.09. The molecule has 0 bridgehead atoms. The van der Waals surface area contributed by atoms with Crippen molar-refractivity contribution in [2.45, 2.75) is 12.8 Å². The van der Waals surface area contributed by atoms with Crippen molar-refractivity contribution in [3.05, 3.63) is 62.0 Å². The number of nitrogens with one attached hydrogen (secondary N) is 3. The van der Waals surface area contributed by atoms with E-state index < -0.39 is 5.91 Å². The molecule has 10 heteroatoms. The van der Waals surface area contributed by atoms with E-state index in [0.717, 1.165) is 10.0 Å².